The molecule has 0 saturated carbocycles. The fourth-order valence-corrected chi connectivity index (χ4v) is 1.71. The molecule has 2 N–H and O–H groups in total. The Morgan fingerprint density at radius 2 is 2.28 bits per heavy atom. The highest BCUT2D eigenvalue weighted by atomic mass is 35.5. The molecule has 2 aromatic heterocycles. The third kappa shape index (κ3) is 2.80. The maximum absolute atomic E-state index is 12.0. The van der Waals surface area contributed by atoms with Crippen LogP contribution in [0.1, 0.15) is 34.8 Å². The predicted molar refractivity (Wildman–Crippen MR) is 64.0 cm³/mol. The summed E-state index contributed by atoms with van der Waals surface area (Å²) < 4.78 is 0. The van der Waals surface area contributed by atoms with E-state index in [1.54, 1.807) is 19.9 Å². The van der Waals surface area contributed by atoms with Crippen molar-refractivity contribution < 1.29 is 4.79 Å². The zero-order chi connectivity index (χ0) is 13.1. The third-order valence-electron chi connectivity index (χ3n) is 2.28. The summed E-state index contributed by atoms with van der Waals surface area (Å²) >= 11 is 5.80. The zero-order valence-electron chi connectivity index (χ0n) is 9.81. The van der Waals surface area contributed by atoms with E-state index in [0.717, 1.165) is 0 Å². The van der Waals surface area contributed by atoms with Gasteiger partial charge < -0.3 is 5.32 Å². The number of nitrogens with zero attached hydrogens (tertiary/aromatic N) is 4. The quantitative estimate of drug-likeness (QED) is 0.810. The SMILES string of the molecule is Cc1cc(C(=O)NC(C)c2nn[nH]n2)cc(Cl)n1. The maximum atomic E-state index is 12.0. The van der Waals surface area contributed by atoms with Crippen LogP contribution in [0.4, 0.5) is 0 Å². The molecule has 2 heterocycles. The minimum Gasteiger partial charge on any atom is -0.342 e. The second kappa shape index (κ2) is 5.09. The van der Waals surface area contributed by atoms with Gasteiger partial charge in [0.05, 0.1) is 6.04 Å². The Morgan fingerprint density at radius 1 is 1.50 bits per heavy atom. The summed E-state index contributed by atoms with van der Waals surface area (Å²) in [6.45, 7) is 3.53. The van der Waals surface area contributed by atoms with Crippen molar-refractivity contribution in [3.8, 4) is 0 Å². The molecule has 0 aliphatic carbocycles. The predicted octanol–water partition coefficient (Wildman–Crippen LogP) is 1.05. The first kappa shape index (κ1) is 12.4. The van der Waals surface area contributed by atoms with Gasteiger partial charge in [0, 0.05) is 11.3 Å². The second-order valence-electron chi connectivity index (χ2n) is 3.79. The van der Waals surface area contributed by atoms with Crippen molar-refractivity contribution in [2.24, 2.45) is 0 Å². The Morgan fingerprint density at radius 3 is 2.89 bits per heavy atom. The highest BCUT2D eigenvalue weighted by Crippen LogP contribution is 2.12. The number of rotatable bonds is 3. The molecule has 1 amide bonds. The standard InChI is InChI=1S/C10H11ClN6O/c1-5-3-7(4-8(11)12-5)10(18)13-6(2)9-14-16-17-15-9/h3-4,6H,1-2H3,(H,13,18)(H,14,15,16,17). The van der Waals surface area contributed by atoms with Gasteiger partial charge >= 0.3 is 0 Å². The van der Waals surface area contributed by atoms with Crippen LogP contribution >= 0.6 is 11.6 Å². The van der Waals surface area contributed by atoms with Crippen molar-refractivity contribution in [3.05, 3.63) is 34.4 Å². The van der Waals surface area contributed by atoms with Crippen LogP contribution in [0.25, 0.3) is 0 Å². The van der Waals surface area contributed by atoms with Crippen LogP contribution in [0.15, 0.2) is 12.1 Å². The van der Waals surface area contributed by atoms with E-state index in [-0.39, 0.29) is 17.1 Å². The van der Waals surface area contributed by atoms with Gasteiger partial charge in [-0.05, 0) is 26.0 Å². The Hall–Kier alpha value is -2.02. The Labute approximate surface area is 108 Å². The van der Waals surface area contributed by atoms with Gasteiger partial charge in [-0.3, -0.25) is 4.79 Å². The van der Waals surface area contributed by atoms with Crippen molar-refractivity contribution in [1.82, 2.24) is 30.9 Å². The number of pyridine rings is 1. The van der Waals surface area contributed by atoms with Gasteiger partial charge in [0.15, 0.2) is 5.82 Å². The summed E-state index contributed by atoms with van der Waals surface area (Å²) in [6, 6.07) is 2.82. The summed E-state index contributed by atoms with van der Waals surface area (Å²) in [5.41, 5.74) is 1.13. The highest BCUT2D eigenvalue weighted by molar-refractivity contribution is 6.29. The van der Waals surface area contributed by atoms with Gasteiger partial charge in [-0.1, -0.05) is 16.8 Å². The molecule has 0 radical (unpaired) electrons. The zero-order valence-corrected chi connectivity index (χ0v) is 10.6. The van der Waals surface area contributed by atoms with Gasteiger partial charge in [-0.2, -0.15) is 5.21 Å². The molecule has 0 aromatic carbocycles. The van der Waals surface area contributed by atoms with E-state index in [4.69, 9.17) is 11.6 Å². The summed E-state index contributed by atoms with van der Waals surface area (Å²) in [6.07, 6.45) is 0. The van der Waals surface area contributed by atoms with E-state index in [1.165, 1.54) is 6.07 Å². The summed E-state index contributed by atoms with van der Waals surface area (Å²) in [7, 11) is 0. The van der Waals surface area contributed by atoms with Gasteiger partial charge in [-0.15, -0.1) is 10.2 Å². The second-order valence-corrected chi connectivity index (χ2v) is 4.17. The fourth-order valence-electron chi connectivity index (χ4n) is 1.46. The lowest BCUT2D eigenvalue weighted by molar-refractivity contribution is 0.0938. The number of tetrazole rings is 1. The lowest BCUT2D eigenvalue weighted by Gasteiger charge is -2.10. The smallest absolute Gasteiger partial charge is 0.252 e. The number of hydrogen-bond acceptors (Lipinski definition) is 5. The van der Waals surface area contributed by atoms with Crippen molar-refractivity contribution >= 4 is 17.5 Å². The number of carbonyl (C=O) groups is 1. The van der Waals surface area contributed by atoms with Crippen LogP contribution in [0.5, 0.6) is 0 Å². The van der Waals surface area contributed by atoms with Gasteiger partial charge in [0.25, 0.3) is 5.91 Å². The van der Waals surface area contributed by atoms with Crippen LogP contribution in [0.2, 0.25) is 5.15 Å². The number of H-pyrrole nitrogens is 1. The lowest BCUT2D eigenvalue weighted by atomic mass is 10.2. The first-order chi connectivity index (χ1) is 8.56. The summed E-state index contributed by atoms with van der Waals surface area (Å²) in [5, 5.41) is 16.4. The van der Waals surface area contributed by atoms with E-state index in [1.807, 2.05) is 0 Å². The van der Waals surface area contributed by atoms with Crippen LogP contribution < -0.4 is 5.32 Å². The monoisotopic (exact) mass is 266 g/mol. The molecule has 8 heteroatoms. The first-order valence-corrected chi connectivity index (χ1v) is 5.62. The average Bonchev–Trinajstić information content (AvgIpc) is 2.80. The Kier molecular flexibility index (Phi) is 3.52. The van der Waals surface area contributed by atoms with E-state index in [9.17, 15) is 4.79 Å². The Balaban J connectivity index is 2.12. The molecule has 7 nitrogen and oxygen atoms in total. The van der Waals surface area contributed by atoms with Crippen molar-refractivity contribution in [3.63, 3.8) is 0 Å². The van der Waals surface area contributed by atoms with Crippen LogP contribution in [0, 0.1) is 6.92 Å². The average molecular weight is 267 g/mol. The molecule has 2 aromatic rings. The van der Waals surface area contributed by atoms with Crippen molar-refractivity contribution in [2.75, 3.05) is 0 Å². The molecule has 1 atom stereocenters. The number of aromatic amines is 1. The topological polar surface area (TPSA) is 96.5 Å². The largest absolute Gasteiger partial charge is 0.342 e. The molecule has 94 valence electrons. The van der Waals surface area contributed by atoms with Crippen LogP contribution in [0.3, 0.4) is 0 Å². The molecule has 1 unspecified atom stereocenters. The van der Waals surface area contributed by atoms with Crippen LogP contribution in [-0.4, -0.2) is 31.5 Å². The van der Waals surface area contributed by atoms with E-state index in [0.29, 0.717) is 17.1 Å². The fraction of sp³-hybridized carbons (Fsp3) is 0.300. The van der Waals surface area contributed by atoms with Crippen molar-refractivity contribution in [2.45, 2.75) is 19.9 Å². The number of aromatic nitrogens is 5. The molecule has 2 rings (SSSR count). The minimum atomic E-state index is -0.344. The van der Waals surface area contributed by atoms with E-state index >= 15 is 0 Å². The highest BCUT2D eigenvalue weighted by Gasteiger charge is 2.15. The van der Waals surface area contributed by atoms with Gasteiger partial charge in [0.2, 0.25) is 0 Å². The maximum Gasteiger partial charge on any atom is 0.252 e. The van der Waals surface area contributed by atoms with Crippen molar-refractivity contribution in [1.29, 1.82) is 0 Å². The van der Waals surface area contributed by atoms with Crippen LogP contribution in [-0.2, 0) is 0 Å². The minimum absolute atomic E-state index is 0.264. The molecule has 0 aliphatic heterocycles. The molecule has 18 heavy (non-hydrogen) atoms. The van der Waals surface area contributed by atoms with E-state index in [2.05, 4.69) is 30.9 Å². The number of amides is 1. The molecule has 0 saturated heterocycles. The van der Waals surface area contributed by atoms with Gasteiger partial charge in [-0.25, -0.2) is 4.98 Å². The number of hydrogen-bond donors (Lipinski definition) is 2. The number of carbonyl (C=O) groups excluding carboxylic acids is 1. The molecular formula is C10H11ClN6O. The van der Waals surface area contributed by atoms with Gasteiger partial charge in [0.1, 0.15) is 5.15 Å². The normalized spacial score (nSPS) is 12.2. The first-order valence-electron chi connectivity index (χ1n) is 5.24. The molecule has 0 aliphatic rings. The number of nitrogens with one attached hydrogen (secondary N) is 2. The lowest BCUT2D eigenvalue weighted by Crippen LogP contribution is -2.27. The molecule has 0 fully saturated rings. The Bertz CT molecular complexity index is 535. The summed E-state index contributed by atoms with van der Waals surface area (Å²) in [5.74, 6) is 0.153. The molecule has 0 spiro atoms. The van der Waals surface area contributed by atoms with E-state index < -0.39 is 0 Å². The molecule has 0 bridgehead atoms. The number of halogens is 1. The summed E-state index contributed by atoms with van der Waals surface area (Å²) in [4.78, 5) is 16.0. The third-order valence-corrected chi connectivity index (χ3v) is 2.47. The number of aryl methyl sites for hydroxylation is 1. The molecular weight excluding hydrogens is 256 g/mol.